The second kappa shape index (κ2) is 9.01. The molecule has 204 valence electrons. The molecule has 4 heteroatoms. The minimum Gasteiger partial charge on any atom is -0.313 e. The van der Waals surface area contributed by atoms with E-state index < -0.39 is 0 Å². The molecule has 9 rings (SSSR count). The zero-order chi connectivity index (χ0) is 28.5. The van der Waals surface area contributed by atoms with Crippen molar-refractivity contribution in [3.8, 4) is 16.9 Å². The van der Waals surface area contributed by atoms with E-state index in [-0.39, 0.29) is 5.41 Å². The topological polar surface area (TPSA) is 34.0 Å². The fourth-order valence-corrected chi connectivity index (χ4v) is 7.09. The van der Waals surface area contributed by atoms with Gasteiger partial charge in [0.05, 0.1) is 39.6 Å². The number of hydrogen-bond donors (Lipinski definition) is 0. The molecule has 1 aliphatic heterocycles. The predicted molar refractivity (Wildman–Crippen MR) is 177 cm³/mol. The Hall–Kier alpha value is -5.48. The van der Waals surface area contributed by atoms with E-state index in [4.69, 9.17) is 4.98 Å². The lowest BCUT2D eigenvalue weighted by Gasteiger charge is -2.31. The minimum absolute atomic E-state index is 0.103. The zero-order valence-corrected chi connectivity index (χ0v) is 23.8. The van der Waals surface area contributed by atoms with Crippen LogP contribution in [0.5, 0.6) is 0 Å². The van der Waals surface area contributed by atoms with Crippen molar-refractivity contribution in [2.24, 2.45) is 0 Å². The first-order chi connectivity index (χ1) is 21.2. The summed E-state index contributed by atoms with van der Waals surface area (Å²) in [5, 5.41) is 2.51. The second-order valence-electron chi connectivity index (χ2n) is 11.7. The predicted octanol–water partition coefficient (Wildman–Crippen LogP) is 9.65. The van der Waals surface area contributed by atoms with Crippen LogP contribution in [0.1, 0.15) is 18.9 Å². The number of fused-ring (bicyclic) bond motifs is 7. The van der Waals surface area contributed by atoms with E-state index in [1.54, 1.807) is 0 Å². The van der Waals surface area contributed by atoms with Gasteiger partial charge in [-0.3, -0.25) is 4.98 Å². The van der Waals surface area contributed by atoms with Gasteiger partial charge < -0.3 is 9.47 Å². The van der Waals surface area contributed by atoms with Crippen LogP contribution in [0, 0.1) is 0 Å². The number of nitrogens with zero attached hydrogens (tertiary/aromatic N) is 4. The molecule has 0 radical (unpaired) electrons. The van der Waals surface area contributed by atoms with Gasteiger partial charge in [-0.2, -0.15) is 0 Å². The Kier molecular flexibility index (Phi) is 5.06. The van der Waals surface area contributed by atoms with Crippen LogP contribution in [0.4, 0.5) is 11.4 Å². The quantitative estimate of drug-likeness (QED) is 0.219. The van der Waals surface area contributed by atoms with Crippen molar-refractivity contribution >= 4 is 44.2 Å². The Balaban J connectivity index is 1.24. The van der Waals surface area contributed by atoms with E-state index in [9.17, 15) is 0 Å². The molecule has 0 amide bonds. The average Bonchev–Trinajstić information content (AvgIpc) is 3.52. The summed E-state index contributed by atoms with van der Waals surface area (Å²) in [7, 11) is 0. The van der Waals surface area contributed by atoms with Gasteiger partial charge in [0.25, 0.3) is 0 Å². The van der Waals surface area contributed by atoms with E-state index >= 15 is 0 Å². The normalized spacial score (nSPS) is 17.4. The van der Waals surface area contributed by atoms with Crippen molar-refractivity contribution in [2.75, 3.05) is 4.90 Å². The van der Waals surface area contributed by atoms with E-state index in [1.165, 1.54) is 44.4 Å². The second-order valence-corrected chi connectivity index (χ2v) is 11.7. The van der Waals surface area contributed by atoms with Gasteiger partial charge in [-0.15, -0.1) is 0 Å². The van der Waals surface area contributed by atoms with Crippen molar-refractivity contribution in [3.63, 3.8) is 0 Å². The third-order valence-corrected chi connectivity index (χ3v) is 9.23. The molecular formula is C39H28N4. The number of allylic oxidation sites excluding steroid dienone is 4. The van der Waals surface area contributed by atoms with E-state index in [0.717, 1.165) is 34.4 Å². The van der Waals surface area contributed by atoms with Gasteiger partial charge in [0.15, 0.2) is 0 Å². The fourth-order valence-electron chi connectivity index (χ4n) is 7.09. The first-order valence-corrected chi connectivity index (χ1v) is 14.8. The third kappa shape index (κ3) is 3.50. The largest absolute Gasteiger partial charge is 0.313 e. The summed E-state index contributed by atoms with van der Waals surface area (Å²) in [6, 6.07) is 41.1. The highest BCUT2D eigenvalue weighted by molar-refractivity contribution is 6.11. The van der Waals surface area contributed by atoms with E-state index in [0.29, 0.717) is 0 Å². The van der Waals surface area contributed by atoms with Crippen LogP contribution in [-0.2, 0) is 5.41 Å². The zero-order valence-electron chi connectivity index (χ0n) is 23.8. The summed E-state index contributed by atoms with van der Waals surface area (Å²) >= 11 is 0. The maximum absolute atomic E-state index is 4.87. The molecule has 5 aromatic carbocycles. The average molecular weight is 553 g/mol. The van der Waals surface area contributed by atoms with Crippen LogP contribution >= 0.6 is 0 Å². The van der Waals surface area contributed by atoms with Crippen LogP contribution in [0.2, 0.25) is 0 Å². The maximum atomic E-state index is 4.87. The van der Waals surface area contributed by atoms with E-state index in [1.807, 2.05) is 30.5 Å². The third-order valence-electron chi connectivity index (χ3n) is 9.23. The Morgan fingerprint density at radius 1 is 0.698 bits per heavy atom. The van der Waals surface area contributed by atoms with Crippen LogP contribution in [0.3, 0.4) is 0 Å². The molecule has 3 heterocycles. The van der Waals surface area contributed by atoms with Crippen molar-refractivity contribution in [2.45, 2.75) is 18.8 Å². The molecule has 43 heavy (non-hydrogen) atoms. The Bertz CT molecular complexity index is 2280. The molecular weight excluding hydrogens is 524 g/mol. The summed E-state index contributed by atoms with van der Waals surface area (Å²) in [5.41, 5.74) is 12.4. The van der Waals surface area contributed by atoms with Crippen LogP contribution in [-0.4, -0.2) is 14.5 Å². The maximum Gasteiger partial charge on any atom is 0.0894 e. The van der Waals surface area contributed by atoms with Crippen molar-refractivity contribution < 1.29 is 0 Å². The molecule has 0 bridgehead atoms. The Labute approximate surface area is 249 Å². The summed E-state index contributed by atoms with van der Waals surface area (Å²) < 4.78 is 2.41. The first kappa shape index (κ1) is 24.2. The van der Waals surface area contributed by atoms with Crippen LogP contribution in [0.25, 0.3) is 49.8 Å². The van der Waals surface area contributed by atoms with E-state index in [2.05, 4.69) is 131 Å². The minimum atomic E-state index is -0.103. The van der Waals surface area contributed by atoms with Crippen molar-refractivity contribution in [3.05, 3.63) is 151 Å². The molecule has 2 aliphatic rings. The number of para-hydroxylation sites is 4. The molecule has 1 atom stereocenters. The van der Waals surface area contributed by atoms with Crippen molar-refractivity contribution in [1.82, 2.24) is 14.5 Å². The number of aromatic nitrogens is 3. The van der Waals surface area contributed by atoms with Gasteiger partial charge in [0.2, 0.25) is 0 Å². The molecule has 0 N–H and O–H groups in total. The molecule has 4 nitrogen and oxygen atoms in total. The summed E-state index contributed by atoms with van der Waals surface area (Å²) in [4.78, 5) is 12.0. The lowest BCUT2D eigenvalue weighted by molar-refractivity contribution is 0.577. The van der Waals surface area contributed by atoms with Gasteiger partial charge in [0.1, 0.15) is 0 Å². The number of rotatable bonds is 3. The molecule has 0 spiro atoms. The Morgan fingerprint density at radius 2 is 1.47 bits per heavy atom. The lowest BCUT2D eigenvalue weighted by Crippen LogP contribution is -2.26. The monoisotopic (exact) mass is 552 g/mol. The molecule has 0 saturated carbocycles. The first-order valence-electron chi connectivity index (χ1n) is 14.8. The molecule has 0 fully saturated rings. The summed E-state index contributed by atoms with van der Waals surface area (Å²) in [6.07, 6.45) is 9.64. The van der Waals surface area contributed by atoms with Gasteiger partial charge >= 0.3 is 0 Å². The standard InChI is InChI=1S/C39H28N4/c1-39-22-10-9-17-38(39)43(27-11-3-2-4-12-27)37-23-30-29-13-5-8-16-35(29)42(36(30)24-31(37)39)28-20-18-26(19-21-28)34-25-40-32-14-6-7-15-33(32)41-34/h2-21,23-25H,22H2,1H3. The molecule has 2 aromatic heterocycles. The highest BCUT2D eigenvalue weighted by atomic mass is 15.2. The summed E-state index contributed by atoms with van der Waals surface area (Å²) in [5.74, 6) is 0. The Morgan fingerprint density at radius 3 is 2.33 bits per heavy atom. The van der Waals surface area contributed by atoms with Crippen LogP contribution in [0.15, 0.2) is 145 Å². The number of anilines is 2. The smallest absolute Gasteiger partial charge is 0.0894 e. The van der Waals surface area contributed by atoms with Gasteiger partial charge in [-0.05, 0) is 79.6 Å². The van der Waals surface area contributed by atoms with Gasteiger partial charge in [-0.1, -0.05) is 72.8 Å². The van der Waals surface area contributed by atoms with Crippen molar-refractivity contribution in [1.29, 1.82) is 0 Å². The number of hydrogen-bond acceptors (Lipinski definition) is 3. The lowest BCUT2D eigenvalue weighted by atomic mass is 9.76. The molecule has 7 aromatic rings. The van der Waals surface area contributed by atoms with Gasteiger partial charge in [0, 0.05) is 38.8 Å². The summed E-state index contributed by atoms with van der Waals surface area (Å²) in [6.45, 7) is 2.39. The van der Waals surface area contributed by atoms with Crippen LogP contribution < -0.4 is 4.90 Å². The SMILES string of the molecule is CC12CC=CC=C1N(c1ccccc1)c1cc3c4ccccc4n(-c4ccc(-c5cnc6ccccc6n5)cc4)c3cc12. The number of benzene rings is 5. The highest BCUT2D eigenvalue weighted by Gasteiger charge is 2.44. The highest BCUT2D eigenvalue weighted by Crippen LogP contribution is 2.56. The molecule has 1 aliphatic carbocycles. The van der Waals surface area contributed by atoms with Gasteiger partial charge in [-0.25, -0.2) is 4.98 Å². The fraction of sp³-hybridized carbons (Fsp3) is 0.0769. The molecule has 0 saturated heterocycles. The molecule has 1 unspecified atom stereocenters.